The van der Waals surface area contributed by atoms with Crippen molar-refractivity contribution >= 4 is 17.3 Å². The predicted octanol–water partition coefficient (Wildman–Crippen LogP) is 3.62. The van der Waals surface area contributed by atoms with Crippen molar-refractivity contribution in [2.75, 3.05) is 0 Å². The molecule has 0 aromatic carbocycles. The van der Waals surface area contributed by atoms with Crippen LogP contribution in [0.5, 0.6) is 0 Å². The van der Waals surface area contributed by atoms with E-state index in [2.05, 4.69) is 0 Å². The Bertz CT molecular complexity index is 1150. The first kappa shape index (κ1) is 27.9. The van der Waals surface area contributed by atoms with Crippen molar-refractivity contribution in [2.24, 2.45) is 39.4 Å². The predicted molar refractivity (Wildman–Crippen MR) is 138 cm³/mol. The number of rotatable bonds is 4. The molecule has 0 aromatic heterocycles. The zero-order chi connectivity index (χ0) is 28.1. The smallest absolute Gasteiger partial charge is 0.206 e. The van der Waals surface area contributed by atoms with Gasteiger partial charge in [-0.2, -0.15) is 0 Å². The lowest BCUT2D eigenvalue weighted by Gasteiger charge is -2.63. The van der Waals surface area contributed by atoms with Crippen molar-refractivity contribution in [3.63, 3.8) is 0 Å². The van der Waals surface area contributed by atoms with Crippen LogP contribution in [0.3, 0.4) is 0 Å². The molecule has 204 valence electrons. The SMILES string of the molecule is CC(C)(O)/C=C/C(=O)[C@](C)(O)[C@@H]1[C@H](O)C[C@]2(C)[C@@H]3CC=C4[C@H](C=C(O)C(=O)C4(C)C)[C@]3(C)C(=O)C[C@@]12C. The highest BCUT2D eigenvalue weighted by Gasteiger charge is 2.74. The van der Waals surface area contributed by atoms with Gasteiger partial charge in [-0.15, -0.1) is 0 Å². The number of carbonyl (C=O) groups excluding carboxylic acids is 3. The molecule has 4 aliphatic rings. The van der Waals surface area contributed by atoms with Crippen molar-refractivity contribution in [1.29, 1.82) is 0 Å². The van der Waals surface area contributed by atoms with Gasteiger partial charge in [-0.25, -0.2) is 0 Å². The molecule has 0 aromatic rings. The van der Waals surface area contributed by atoms with Crippen molar-refractivity contribution < 1.29 is 34.8 Å². The summed E-state index contributed by atoms with van der Waals surface area (Å²) in [5.74, 6) is -2.98. The average molecular weight is 515 g/mol. The summed E-state index contributed by atoms with van der Waals surface area (Å²) in [7, 11) is 0. The minimum Gasteiger partial charge on any atom is -0.505 e. The Morgan fingerprint density at radius 3 is 2.22 bits per heavy atom. The van der Waals surface area contributed by atoms with Crippen LogP contribution < -0.4 is 0 Å². The van der Waals surface area contributed by atoms with Crippen molar-refractivity contribution in [3.05, 3.63) is 35.6 Å². The second-order valence-electron chi connectivity index (χ2n) is 13.9. The van der Waals surface area contributed by atoms with Gasteiger partial charge in [-0.1, -0.05) is 38.5 Å². The second-order valence-corrected chi connectivity index (χ2v) is 13.9. The molecule has 4 rings (SSSR count). The van der Waals surface area contributed by atoms with Gasteiger partial charge < -0.3 is 20.4 Å². The number of Topliss-reactive ketones (excluding diaryl/α,β-unsaturated/α-hetero) is 2. The van der Waals surface area contributed by atoms with Crippen LogP contribution in [0.1, 0.15) is 74.7 Å². The number of aliphatic hydroxyl groups is 4. The van der Waals surface area contributed by atoms with Crippen LogP contribution in [0.25, 0.3) is 0 Å². The first-order valence-electron chi connectivity index (χ1n) is 13.2. The van der Waals surface area contributed by atoms with E-state index in [4.69, 9.17) is 0 Å². The standard InChI is InChI=1S/C30H42O7/c1-25(2,36)12-11-21(33)30(8,37)23-19(32)14-27(5)20-10-9-16-17(13-18(31)24(35)26(16,3)4)29(20,7)22(34)15-28(23,27)6/h9,11-13,17,19-20,23,31-32,36-37H,10,14-15H2,1-8H3/b12-11+/t17-,19+,20-,23+,27+,28-,29-,30-/m0/s1. The molecule has 4 aliphatic carbocycles. The van der Waals surface area contributed by atoms with Crippen molar-refractivity contribution in [3.8, 4) is 0 Å². The molecule has 7 heteroatoms. The highest BCUT2D eigenvalue weighted by molar-refractivity contribution is 6.02. The van der Waals surface area contributed by atoms with Crippen LogP contribution in [-0.4, -0.2) is 55.1 Å². The third-order valence-corrected chi connectivity index (χ3v) is 10.8. The Hall–Kier alpha value is -2.09. The fourth-order valence-electron chi connectivity index (χ4n) is 8.58. The van der Waals surface area contributed by atoms with Crippen molar-refractivity contribution in [1.82, 2.24) is 0 Å². The van der Waals surface area contributed by atoms with Gasteiger partial charge in [0.1, 0.15) is 11.4 Å². The Labute approximate surface area is 219 Å². The Kier molecular flexibility index (Phi) is 6.01. The van der Waals surface area contributed by atoms with Gasteiger partial charge >= 0.3 is 0 Å². The average Bonchev–Trinajstić information content (AvgIpc) is 2.96. The van der Waals surface area contributed by atoms with E-state index in [0.29, 0.717) is 12.8 Å². The molecule has 0 bridgehead atoms. The van der Waals surface area contributed by atoms with Gasteiger partial charge in [0, 0.05) is 23.7 Å². The zero-order valence-corrected chi connectivity index (χ0v) is 23.3. The van der Waals surface area contributed by atoms with Gasteiger partial charge in [-0.3, -0.25) is 14.4 Å². The largest absolute Gasteiger partial charge is 0.505 e. The van der Waals surface area contributed by atoms with Gasteiger partial charge in [0.25, 0.3) is 0 Å². The van der Waals surface area contributed by atoms with Gasteiger partial charge in [0.2, 0.25) is 5.78 Å². The summed E-state index contributed by atoms with van der Waals surface area (Å²) >= 11 is 0. The van der Waals surface area contributed by atoms with Crippen LogP contribution in [0.2, 0.25) is 0 Å². The molecular formula is C30H42O7. The summed E-state index contributed by atoms with van der Waals surface area (Å²) in [6, 6.07) is 0. The molecule has 0 aliphatic heterocycles. The van der Waals surface area contributed by atoms with Crippen LogP contribution in [0, 0.1) is 39.4 Å². The monoisotopic (exact) mass is 514 g/mol. The Balaban J connectivity index is 1.82. The highest BCUT2D eigenvalue weighted by Crippen LogP contribution is 2.73. The van der Waals surface area contributed by atoms with Gasteiger partial charge in [-0.05, 0) is 76.4 Å². The summed E-state index contributed by atoms with van der Waals surface area (Å²) in [4.78, 5) is 40.1. The topological polar surface area (TPSA) is 132 Å². The molecular weight excluding hydrogens is 472 g/mol. The zero-order valence-electron chi connectivity index (χ0n) is 23.3. The summed E-state index contributed by atoms with van der Waals surface area (Å²) in [6.45, 7) is 13.8. The summed E-state index contributed by atoms with van der Waals surface area (Å²) in [5.41, 5.74) is -5.75. The molecule has 0 saturated heterocycles. The lowest BCUT2D eigenvalue weighted by Crippen LogP contribution is -2.64. The molecule has 37 heavy (non-hydrogen) atoms. The van der Waals surface area contributed by atoms with Crippen molar-refractivity contribution in [2.45, 2.75) is 92.0 Å². The normalized spacial score (nSPS) is 42.9. The summed E-state index contributed by atoms with van der Waals surface area (Å²) in [5, 5.41) is 43.6. The number of allylic oxidation sites excluding steroid dienone is 4. The number of aliphatic hydroxyl groups excluding tert-OH is 2. The van der Waals surface area contributed by atoms with Crippen LogP contribution in [0.15, 0.2) is 35.6 Å². The summed E-state index contributed by atoms with van der Waals surface area (Å²) in [6.07, 6.45) is 5.85. The van der Waals surface area contributed by atoms with E-state index in [-0.39, 0.29) is 29.7 Å². The van der Waals surface area contributed by atoms with Crippen LogP contribution >= 0.6 is 0 Å². The third kappa shape index (κ3) is 3.60. The molecule has 2 saturated carbocycles. The molecule has 0 radical (unpaired) electrons. The molecule has 0 heterocycles. The maximum Gasteiger partial charge on any atom is 0.206 e. The molecule has 0 amide bonds. The van der Waals surface area contributed by atoms with E-state index in [1.54, 1.807) is 13.8 Å². The van der Waals surface area contributed by atoms with Gasteiger partial charge in [0.15, 0.2) is 11.5 Å². The van der Waals surface area contributed by atoms with Gasteiger partial charge in [0.05, 0.1) is 17.1 Å². The maximum absolute atomic E-state index is 14.2. The molecule has 7 nitrogen and oxygen atoms in total. The minimum absolute atomic E-state index is 0.0453. The number of fused-ring (bicyclic) bond motifs is 5. The third-order valence-electron chi connectivity index (χ3n) is 10.8. The summed E-state index contributed by atoms with van der Waals surface area (Å²) < 4.78 is 0. The quantitative estimate of drug-likeness (QED) is 0.333. The van der Waals surface area contributed by atoms with E-state index in [9.17, 15) is 34.8 Å². The molecule has 2 fully saturated rings. The Morgan fingerprint density at radius 2 is 1.65 bits per heavy atom. The molecule has 0 unspecified atom stereocenters. The minimum atomic E-state index is -1.96. The van der Waals surface area contributed by atoms with E-state index < -0.39 is 56.6 Å². The van der Waals surface area contributed by atoms with Crippen LogP contribution in [-0.2, 0) is 14.4 Å². The first-order valence-corrected chi connectivity index (χ1v) is 13.2. The molecule has 8 atom stereocenters. The second kappa shape index (κ2) is 7.96. The fraction of sp³-hybridized carbons (Fsp3) is 0.700. The maximum atomic E-state index is 14.2. The first-order chi connectivity index (χ1) is 16.7. The lowest BCUT2D eigenvalue weighted by atomic mass is 9.39. The molecule has 0 spiro atoms. The number of ketones is 3. The van der Waals surface area contributed by atoms with E-state index in [1.807, 2.05) is 26.8 Å². The van der Waals surface area contributed by atoms with E-state index in [0.717, 1.165) is 11.6 Å². The number of hydrogen-bond acceptors (Lipinski definition) is 7. The number of hydrogen-bond donors (Lipinski definition) is 4. The lowest BCUT2D eigenvalue weighted by molar-refractivity contribution is -0.179. The fourth-order valence-corrected chi connectivity index (χ4v) is 8.58. The van der Waals surface area contributed by atoms with E-state index >= 15 is 0 Å². The molecule has 4 N–H and O–H groups in total. The number of carbonyl (C=O) groups is 3. The van der Waals surface area contributed by atoms with E-state index in [1.165, 1.54) is 32.9 Å². The Morgan fingerprint density at radius 1 is 1.05 bits per heavy atom. The highest BCUT2D eigenvalue weighted by atomic mass is 16.3. The van der Waals surface area contributed by atoms with Crippen LogP contribution in [0.4, 0.5) is 0 Å².